The van der Waals surface area contributed by atoms with Gasteiger partial charge >= 0.3 is 0 Å². The van der Waals surface area contributed by atoms with Crippen LogP contribution >= 0.6 is 0 Å². The lowest BCUT2D eigenvalue weighted by Crippen LogP contribution is -2.51. The molecular formula is C15H29N3O2. The second-order valence-electron chi connectivity index (χ2n) is 6.16. The van der Waals surface area contributed by atoms with Crippen LogP contribution < -0.4 is 10.6 Å². The van der Waals surface area contributed by atoms with Gasteiger partial charge in [-0.2, -0.15) is 0 Å². The molecule has 1 unspecified atom stereocenters. The molecule has 1 aliphatic rings. The number of nitrogens with zero attached hydrogens (tertiary/aromatic N) is 1. The van der Waals surface area contributed by atoms with Crippen LogP contribution in [-0.4, -0.2) is 49.9 Å². The van der Waals surface area contributed by atoms with Crippen molar-refractivity contribution >= 4 is 11.8 Å². The van der Waals surface area contributed by atoms with Crippen molar-refractivity contribution in [2.45, 2.75) is 40.0 Å². The first-order valence-electron chi connectivity index (χ1n) is 7.64. The van der Waals surface area contributed by atoms with Gasteiger partial charge in [0.05, 0.1) is 6.54 Å². The summed E-state index contributed by atoms with van der Waals surface area (Å²) in [5, 5.41) is 5.96. The molecule has 1 rings (SSSR count). The monoisotopic (exact) mass is 283 g/mol. The molecule has 116 valence electrons. The third kappa shape index (κ3) is 4.20. The smallest absolute Gasteiger partial charge is 0.239 e. The number of nitrogens with one attached hydrogen (secondary N) is 2. The van der Waals surface area contributed by atoms with Crippen LogP contribution in [0.25, 0.3) is 0 Å². The van der Waals surface area contributed by atoms with Crippen molar-refractivity contribution in [3.63, 3.8) is 0 Å². The van der Waals surface area contributed by atoms with Gasteiger partial charge in [-0.15, -0.1) is 0 Å². The summed E-state index contributed by atoms with van der Waals surface area (Å²) in [6.07, 6.45) is 3.05. The number of hydrogen-bond acceptors (Lipinski definition) is 3. The molecule has 1 saturated heterocycles. The van der Waals surface area contributed by atoms with Crippen molar-refractivity contribution in [1.82, 2.24) is 15.5 Å². The summed E-state index contributed by atoms with van der Waals surface area (Å²) in [5.41, 5.74) is -0.420. The molecule has 1 heterocycles. The van der Waals surface area contributed by atoms with Crippen LogP contribution in [0.3, 0.4) is 0 Å². The summed E-state index contributed by atoms with van der Waals surface area (Å²) < 4.78 is 0. The van der Waals surface area contributed by atoms with E-state index in [-0.39, 0.29) is 18.4 Å². The summed E-state index contributed by atoms with van der Waals surface area (Å²) in [6, 6.07) is 0. The molecule has 0 radical (unpaired) electrons. The Bertz CT molecular complexity index is 336. The van der Waals surface area contributed by atoms with E-state index in [1.807, 2.05) is 20.8 Å². The van der Waals surface area contributed by atoms with Crippen molar-refractivity contribution in [2.24, 2.45) is 11.3 Å². The van der Waals surface area contributed by atoms with Gasteiger partial charge in [0.15, 0.2) is 0 Å². The lowest BCUT2D eigenvalue weighted by atomic mass is 9.74. The maximum Gasteiger partial charge on any atom is 0.239 e. The van der Waals surface area contributed by atoms with Crippen molar-refractivity contribution in [3.05, 3.63) is 0 Å². The van der Waals surface area contributed by atoms with Gasteiger partial charge in [0.25, 0.3) is 0 Å². The fraction of sp³-hybridized carbons (Fsp3) is 0.867. The second kappa shape index (κ2) is 7.62. The van der Waals surface area contributed by atoms with Gasteiger partial charge in [-0.05, 0) is 38.3 Å². The van der Waals surface area contributed by atoms with E-state index in [4.69, 9.17) is 0 Å². The predicted molar refractivity (Wildman–Crippen MR) is 80.3 cm³/mol. The lowest BCUT2D eigenvalue weighted by Gasteiger charge is -2.39. The minimum absolute atomic E-state index is 0.0941. The normalized spacial score (nSPS) is 19.5. The Hall–Kier alpha value is -1.10. The highest BCUT2D eigenvalue weighted by atomic mass is 16.2. The van der Waals surface area contributed by atoms with Gasteiger partial charge in [0.1, 0.15) is 0 Å². The van der Waals surface area contributed by atoms with Gasteiger partial charge in [-0.3, -0.25) is 9.59 Å². The molecule has 0 aromatic heterocycles. The van der Waals surface area contributed by atoms with Crippen LogP contribution in [0.1, 0.15) is 40.0 Å². The second-order valence-corrected chi connectivity index (χ2v) is 6.16. The fourth-order valence-corrected chi connectivity index (χ4v) is 2.82. The zero-order valence-electron chi connectivity index (χ0n) is 13.3. The van der Waals surface area contributed by atoms with Gasteiger partial charge in [-0.1, -0.05) is 20.8 Å². The standard InChI is InChI=1S/C15H29N3O2/c1-5-9-18(11-13(19)16-4)14(20)15(2,3)12-7-6-8-17-10-12/h12,17H,5-11H2,1-4H3,(H,16,19). The average Bonchev–Trinajstić information content (AvgIpc) is 2.46. The maximum atomic E-state index is 12.8. The molecule has 5 nitrogen and oxygen atoms in total. The third-order valence-electron chi connectivity index (χ3n) is 4.26. The van der Waals surface area contributed by atoms with E-state index in [0.717, 1.165) is 32.4 Å². The van der Waals surface area contributed by atoms with Crippen LogP contribution in [0.5, 0.6) is 0 Å². The summed E-state index contributed by atoms with van der Waals surface area (Å²) in [7, 11) is 1.60. The molecular weight excluding hydrogens is 254 g/mol. The number of hydrogen-bond donors (Lipinski definition) is 2. The zero-order valence-corrected chi connectivity index (χ0v) is 13.3. The van der Waals surface area contributed by atoms with E-state index in [1.165, 1.54) is 0 Å². The van der Waals surface area contributed by atoms with Crippen LogP contribution in [0.2, 0.25) is 0 Å². The van der Waals surface area contributed by atoms with E-state index in [2.05, 4.69) is 10.6 Å². The minimum Gasteiger partial charge on any atom is -0.358 e. The quantitative estimate of drug-likeness (QED) is 0.764. The van der Waals surface area contributed by atoms with Crippen LogP contribution in [-0.2, 0) is 9.59 Å². The highest BCUT2D eigenvalue weighted by molar-refractivity contribution is 5.87. The van der Waals surface area contributed by atoms with Crippen LogP contribution in [0, 0.1) is 11.3 Å². The molecule has 5 heteroatoms. The number of rotatable bonds is 6. The predicted octanol–water partition coefficient (Wildman–Crippen LogP) is 0.997. The molecule has 0 bridgehead atoms. The molecule has 0 aliphatic carbocycles. The molecule has 1 fully saturated rings. The molecule has 2 amide bonds. The SMILES string of the molecule is CCCN(CC(=O)NC)C(=O)C(C)(C)C1CCCNC1. The van der Waals surface area contributed by atoms with Crippen molar-refractivity contribution in [3.8, 4) is 0 Å². The largest absolute Gasteiger partial charge is 0.358 e. The molecule has 2 N–H and O–H groups in total. The number of carbonyl (C=O) groups is 2. The van der Waals surface area contributed by atoms with E-state index in [0.29, 0.717) is 12.5 Å². The van der Waals surface area contributed by atoms with Crippen molar-refractivity contribution < 1.29 is 9.59 Å². The summed E-state index contributed by atoms with van der Waals surface area (Å²) in [4.78, 5) is 26.1. The molecule has 1 aliphatic heterocycles. The molecule has 0 saturated carbocycles. The Labute approximate surface area is 122 Å². The molecule has 0 spiro atoms. The van der Waals surface area contributed by atoms with Crippen LogP contribution in [0.15, 0.2) is 0 Å². The van der Waals surface area contributed by atoms with Gasteiger partial charge in [-0.25, -0.2) is 0 Å². The summed E-state index contributed by atoms with van der Waals surface area (Å²) in [6.45, 7) is 8.78. The van der Waals surface area contributed by atoms with Gasteiger partial charge in [0, 0.05) is 19.0 Å². The Morgan fingerprint density at radius 2 is 2.10 bits per heavy atom. The Balaban J connectivity index is 2.77. The van der Waals surface area contributed by atoms with E-state index < -0.39 is 5.41 Å². The Kier molecular flexibility index (Phi) is 6.46. The van der Waals surface area contributed by atoms with Crippen molar-refractivity contribution in [2.75, 3.05) is 33.2 Å². The van der Waals surface area contributed by atoms with Gasteiger partial charge < -0.3 is 15.5 Å². The third-order valence-corrected chi connectivity index (χ3v) is 4.26. The van der Waals surface area contributed by atoms with Crippen molar-refractivity contribution in [1.29, 1.82) is 0 Å². The molecule has 20 heavy (non-hydrogen) atoms. The first kappa shape index (κ1) is 17.0. The zero-order chi connectivity index (χ0) is 15.2. The van der Waals surface area contributed by atoms with Crippen LogP contribution in [0.4, 0.5) is 0 Å². The highest BCUT2D eigenvalue weighted by Crippen LogP contribution is 2.33. The number of likely N-dealkylation sites (N-methyl/N-ethyl adjacent to an activating group) is 1. The number of piperidine rings is 1. The summed E-state index contributed by atoms with van der Waals surface area (Å²) >= 11 is 0. The molecule has 0 aromatic rings. The molecule has 1 atom stereocenters. The Morgan fingerprint density at radius 3 is 2.60 bits per heavy atom. The summed E-state index contributed by atoms with van der Waals surface area (Å²) in [5.74, 6) is 0.328. The highest BCUT2D eigenvalue weighted by Gasteiger charge is 2.39. The number of carbonyl (C=O) groups excluding carboxylic acids is 2. The first-order chi connectivity index (χ1) is 9.43. The number of amides is 2. The topological polar surface area (TPSA) is 61.4 Å². The maximum absolute atomic E-state index is 12.8. The average molecular weight is 283 g/mol. The Morgan fingerprint density at radius 1 is 1.40 bits per heavy atom. The molecule has 0 aromatic carbocycles. The minimum atomic E-state index is -0.420. The first-order valence-corrected chi connectivity index (χ1v) is 7.64. The fourth-order valence-electron chi connectivity index (χ4n) is 2.82. The van der Waals surface area contributed by atoms with E-state index in [1.54, 1.807) is 11.9 Å². The van der Waals surface area contributed by atoms with Gasteiger partial charge in [0.2, 0.25) is 11.8 Å². The lowest BCUT2D eigenvalue weighted by molar-refractivity contribution is -0.146. The van der Waals surface area contributed by atoms with E-state index >= 15 is 0 Å². The van der Waals surface area contributed by atoms with E-state index in [9.17, 15) is 9.59 Å².